The van der Waals surface area contributed by atoms with Gasteiger partial charge >= 0.3 is 0 Å². The molecule has 1 heterocycles. The van der Waals surface area contributed by atoms with Crippen LogP contribution in [0.1, 0.15) is 26.0 Å². The Labute approximate surface area is 107 Å². The number of aliphatic hydroxyl groups excluding tert-OH is 1. The Morgan fingerprint density at radius 3 is 2.72 bits per heavy atom. The minimum Gasteiger partial charge on any atom is -0.488 e. The van der Waals surface area contributed by atoms with Gasteiger partial charge in [-0.2, -0.15) is 0 Å². The Morgan fingerprint density at radius 2 is 2.00 bits per heavy atom. The first-order valence-corrected chi connectivity index (χ1v) is 6.27. The molecular formula is C15H19NO2. The Balaban J connectivity index is 2.30. The Hall–Kier alpha value is -1.61. The van der Waals surface area contributed by atoms with Crippen LogP contribution in [0.5, 0.6) is 5.75 Å². The summed E-state index contributed by atoms with van der Waals surface area (Å²) in [5.74, 6) is 0.782. The monoisotopic (exact) mass is 245 g/mol. The number of hydrogen-bond donors (Lipinski definition) is 1. The number of ether oxygens (including phenoxy) is 1. The van der Waals surface area contributed by atoms with E-state index in [4.69, 9.17) is 4.74 Å². The lowest BCUT2D eigenvalue weighted by molar-refractivity contribution is 0.116. The third-order valence-corrected chi connectivity index (χ3v) is 2.82. The van der Waals surface area contributed by atoms with Crippen molar-refractivity contribution >= 4 is 10.9 Å². The van der Waals surface area contributed by atoms with Gasteiger partial charge in [0.1, 0.15) is 11.3 Å². The van der Waals surface area contributed by atoms with E-state index in [0.717, 1.165) is 22.3 Å². The normalized spacial score (nSPS) is 14.4. The van der Waals surface area contributed by atoms with Crippen molar-refractivity contribution in [3.8, 4) is 5.75 Å². The van der Waals surface area contributed by atoms with Gasteiger partial charge in [-0.05, 0) is 32.9 Å². The van der Waals surface area contributed by atoms with Crippen molar-refractivity contribution in [2.24, 2.45) is 0 Å². The summed E-state index contributed by atoms with van der Waals surface area (Å²) >= 11 is 0. The number of hydrogen-bond acceptors (Lipinski definition) is 3. The van der Waals surface area contributed by atoms with Gasteiger partial charge < -0.3 is 9.84 Å². The van der Waals surface area contributed by atoms with Gasteiger partial charge in [0.2, 0.25) is 0 Å². The number of benzene rings is 1. The molecule has 0 saturated heterocycles. The second kappa shape index (κ2) is 5.36. The zero-order valence-corrected chi connectivity index (χ0v) is 11.1. The van der Waals surface area contributed by atoms with Gasteiger partial charge in [0, 0.05) is 17.5 Å². The number of rotatable bonds is 4. The van der Waals surface area contributed by atoms with Crippen LogP contribution in [0.25, 0.3) is 10.9 Å². The topological polar surface area (TPSA) is 42.4 Å². The largest absolute Gasteiger partial charge is 0.488 e. The molecule has 3 heteroatoms. The van der Waals surface area contributed by atoms with Crippen LogP contribution in [0.3, 0.4) is 0 Å². The molecular weight excluding hydrogens is 226 g/mol. The molecule has 0 amide bonds. The Morgan fingerprint density at radius 1 is 1.22 bits per heavy atom. The first kappa shape index (κ1) is 12.8. The fourth-order valence-corrected chi connectivity index (χ4v) is 2.06. The molecule has 0 bridgehead atoms. The lowest BCUT2D eigenvalue weighted by atomic mass is 10.1. The van der Waals surface area contributed by atoms with Gasteiger partial charge in [-0.3, -0.25) is 0 Å². The number of nitrogens with zero attached hydrogens (tertiary/aromatic N) is 1. The molecule has 1 aromatic heterocycles. The molecule has 2 aromatic rings. The van der Waals surface area contributed by atoms with Gasteiger partial charge in [0.05, 0.1) is 12.2 Å². The second-order valence-corrected chi connectivity index (χ2v) is 4.79. The smallest absolute Gasteiger partial charge is 0.145 e. The maximum atomic E-state index is 9.36. The summed E-state index contributed by atoms with van der Waals surface area (Å²) in [5.41, 5.74) is 1.86. The molecule has 0 saturated carbocycles. The highest BCUT2D eigenvalue weighted by atomic mass is 16.5. The van der Waals surface area contributed by atoms with Gasteiger partial charge in [-0.15, -0.1) is 0 Å². The first-order chi connectivity index (χ1) is 8.56. The molecule has 0 aliphatic rings. The lowest BCUT2D eigenvalue weighted by Gasteiger charge is -2.17. The van der Waals surface area contributed by atoms with E-state index < -0.39 is 0 Å². The molecule has 0 aliphatic carbocycles. The van der Waals surface area contributed by atoms with Gasteiger partial charge in [0.15, 0.2) is 0 Å². The van der Waals surface area contributed by atoms with Gasteiger partial charge in [-0.25, -0.2) is 4.98 Å². The molecule has 0 fully saturated rings. The van der Waals surface area contributed by atoms with E-state index in [1.54, 1.807) is 6.92 Å². The van der Waals surface area contributed by atoms with Gasteiger partial charge in [-0.1, -0.05) is 18.2 Å². The maximum Gasteiger partial charge on any atom is 0.145 e. The average Bonchev–Trinajstić information content (AvgIpc) is 2.28. The van der Waals surface area contributed by atoms with E-state index in [2.05, 4.69) is 4.98 Å². The van der Waals surface area contributed by atoms with Crippen LogP contribution in [0.2, 0.25) is 0 Å². The maximum absolute atomic E-state index is 9.36. The van der Waals surface area contributed by atoms with Crippen LogP contribution < -0.4 is 4.74 Å². The highest BCUT2D eigenvalue weighted by Crippen LogP contribution is 2.25. The first-order valence-electron chi connectivity index (χ1n) is 6.27. The van der Waals surface area contributed by atoms with Crippen molar-refractivity contribution < 1.29 is 9.84 Å². The average molecular weight is 245 g/mol. The van der Waals surface area contributed by atoms with Crippen LogP contribution in [-0.2, 0) is 0 Å². The third-order valence-electron chi connectivity index (χ3n) is 2.82. The molecule has 96 valence electrons. The quantitative estimate of drug-likeness (QED) is 0.900. The molecule has 2 atom stereocenters. The summed E-state index contributed by atoms with van der Waals surface area (Å²) in [6.07, 6.45) is 0.227. The van der Waals surface area contributed by atoms with E-state index in [1.807, 2.05) is 44.2 Å². The fraction of sp³-hybridized carbons (Fsp3) is 0.400. The summed E-state index contributed by atoms with van der Waals surface area (Å²) in [4.78, 5) is 4.52. The van der Waals surface area contributed by atoms with Crippen molar-refractivity contribution in [2.45, 2.75) is 39.4 Å². The number of aromatic nitrogens is 1. The molecule has 1 N–H and O–H groups in total. The van der Waals surface area contributed by atoms with Crippen LogP contribution >= 0.6 is 0 Å². The number of aryl methyl sites for hydroxylation is 1. The summed E-state index contributed by atoms with van der Waals surface area (Å²) in [6, 6.07) is 9.94. The molecule has 3 nitrogen and oxygen atoms in total. The summed E-state index contributed by atoms with van der Waals surface area (Å²) in [6.45, 7) is 5.70. The number of para-hydroxylation sites is 1. The molecule has 2 rings (SSSR count). The Bertz CT molecular complexity index is 537. The van der Waals surface area contributed by atoms with Crippen molar-refractivity contribution in [1.82, 2.24) is 4.98 Å². The highest BCUT2D eigenvalue weighted by Gasteiger charge is 2.10. The SMILES string of the molecule is Cc1ccc2cccc(OC(C)CC(C)O)c2n1. The van der Waals surface area contributed by atoms with E-state index >= 15 is 0 Å². The molecule has 1 aromatic carbocycles. The second-order valence-electron chi connectivity index (χ2n) is 4.79. The molecule has 18 heavy (non-hydrogen) atoms. The lowest BCUT2D eigenvalue weighted by Crippen LogP contribution is -2.18. The van der Waals surface area contributed by atoms with Gasteiger partial charge in [0.25, 0.3) is 0 Å². The standard InChI is InChI=1S/C15H19NO2/c1-10-7-8-13-5-4-6-14(15(13)16-10)18-12(3)9-11(2)17/h4-8,11-12,17H,9H2,1-3H3. The van der Waals surface area contributed by atoms with Crippen molar-refractivity contribution in [3.05, 3.63) is 36.0 Å². The molecule has 0 aliphatic heterocycles. The zero-order valence-electron chi connectivity index (χ0n) is 11.1. The Kier molecular flexibility index (Phi) is 3.82. The van der Waals surface area contributed by atoms with Crippen molar-refractivity contribution in [3.63, 3.8) is 0 Å². The van der Waals surface area contributed by atoms with Crippen molar-refractivity contribution in [2.75, 3.05) is 0 Å². The summed E-state index contributed by atoms with van der Waals surface area (Å²) in [7, 11) is 0. The summed E-state index contributed by atoms with van der Waals surface area (Å²) in [5, 5.41) is 10.4. The van der Waals surface area contributed by atoms with E-state index in [0.29, 0.717) is 6.42 Å². The van der Waals surface area contributed by atoms with Crippen LogP contribution in [0.4, 0.5) is 0 Å². The molecule has 0 radical (unpaired) electrons. The van der Waals surface area contributed by atoms with Crippen LogP contribution in [0.15, 0.2) is 30.3 Å². The number of pyridine rings is 1. The van der Waals surface area contributed by atoms with E-state index in [-0.39, 0.29) is 12.2 Å². The van der Waals surface area contributed by atoms with E-state index in [1.165, 1.54) is 0 Å². The zero-order chi connectivity index (χ0) is 13.1. The van der Waals surface area contributed by atoms with E-state index in [9.17, 15) is 5.11 Å². The molecule has 0 spiro atoms. The minimum atomic E-state index is -0.357. The highest BCUT2D eigenvalue weighted by molar-refractivity contribution is 5.84. The predicted molar refractivity (Wildman–Crippen MR) is 72.9 cm³/mol. The van der Waals surface area contributed by atoms with Crippen molar-refractivity contribution in [1.29, 1.82) is 0 Å². The fourth-order valence-electron chi connectivity index (χ4n) is 2.06. The summed E-state index contributed by atoms with van der Waals surface area (Å²) < 4.78 is 5.87. The minimum absolute atomic E-state index is 0.0297. The van der Waals surface area contributed by atoms with Crippen LogP contribution in [0, 0.1) is 6.92 Å². The number of fused-ring (bicyclic) bond motifs is 1. The number of aliphatic hydroxyl groups is 1. The van der Waals surface area contributed by atoms with Crippen LogP contribution in [-0.4, -0.2) is 22.3 Å². The predicted octanol–water partition coefficient (Wildman–Crippen LogP) is 3.08. The third kappa shape index (κ3) is 2.99. The molecule has 2 unspecified atom stereocenters.